The molecule has 0 unspecified atom stereocenters. The Morgan fingerprint density at radius 2 is 1.11 bits per heavy atom. The van der Waals surface area contributed by atoms with E-state index < -0.39 is 41.1 Å². The minimum Gasteiger partial charge on any atom is -0.423 e. The summed E-state index contributed by atoms with van der Waals surface area (Å²) < 4.78 is 20.7. The van der Waals surface area contributed by atoms with Crippen LogP contribution in [-0.2, 0) is 14.4 Å². The third-order valence-electron chi connectivity index (χ3n) is 4.65. The van der Waals surface area contributed by atoms with Crippen LogP contribution in [0.2, 0.25) is 0 Å². The lowest BCUT2D eigenvalue weighted by Gasteiger charge is -2.15. The molecular formula is C29H21NO8. The molecule has 0 aliphatic rings. The summed E-state index contributed by atoms with van der Waals surface area (Å²) in [5, 5.41) is 0. The smallest absolute Gasteiger partial charge is 0.343 e. The molecule has 2 aromatic carbocycles. The van der Waals surface area contributed by atoms with Gasteiger partial charge in [-0.05, 0) is 47.5 Å². The number of esters is 4. The van der Waals surface area contributed by atoms with Gasteiger partial charge in [0, 0.05) is 30.6 Å². The highest BCUT2D eigenvalue weighted by molar-refractivity contribution is 5.95. The van der Waals surface area contributed by atoms with Crippen LogP contribution in [0.1, 0.15) is 21.5 Å². The lowest BCUT2D eigenvalue weighted by Crippen LogP contribution is -2.14. The number of hydrogen-bond acceptors (Lipinski definition) is 9. The van der Waals surface area contributed by atoms with Gasteiger partial charge in [-0.3, -0.25) is 4.98 Å². The molecule has 0 saturated carbocycles. The largest absolute Gasteiger partial charge is 0.423 e. The van der Waals surface area contributed by atoms with Gasteiger partial charge >= 0.3 is 23.9 Å². The van der Waals surface area contributed by atoms with Crippen molar-refractivity contribution in [3.8, 4) is 23.0 Å². The van der Waals surface area contributed by atoms with Crippen molar-refractivity contribution in [1.82, 2.24) is 4.98 Å². The molecule has 0 aliphatic heterocycles. The molecule has 1 heterocycles. The molecule has 0 fully saturated rings. The van der Waals surface area contributed by atoms with E-state index in [1.54, 1.807) is 36.7 Å². The topological polar surface area (TPSA) is 118 Å². The summed E-state index contributed by atoms with van der Waals surface area (Å²) in [6, 6.07) is 12.6. The summed E-state index contributed by atoms with van der Waals surface area (Å²) in [4.78, 5) is 52.5. The number of nitrogens with zero attached hydrogens (tertiary/aromatic N) is 1. The second-order valence-electron chi connectivity index (χ2n) is 7.25. The van der Waals surface area contributed by atoms with E-state index in [1.165, 1.54) is 0 Å². The van der Waals surface area contributed by atoms with Crippen LogP contribution in [0.5, 0.6) is 23.0 Å². The number of aromatic nitrogens is 1. The first-order valence-electron chi connectivity index (χ1n) is 10.9. The predicted molar refractivity (Wildman–Crippen MR) is 139 cm³/mol. The summed E-state index contributed by atoms with van der Waals surface area (Å²) in [5.74, 6) is -4.70. The quantitative estimate of drug-likeness (QED) is 0.216. The lowest BCUT2D eigenvalue weighted by atomic mass is 10.1. The van der Waals surface area contributed by atoms with Gasteiger partial charge < -0.3 is 18.9 Å². The van der Waals surface area contributed by atoms with Gasteiger partial charge in [0.15, 0.2) is 11.5 Å². The molecule has 0 amide bonds. The second-order valence-corrected chi connectivity index (χ2v) is 7.25. The number of rotatable bonds is 10. The fraction of sp³-hybridized carbons (Fsp3) is 0. The third-order valence-corrected chi connectivity index (χ3v) is 4.65. The van der Waals surface area contributed by atoms with Gasteiger partial charge in [-0.15, -0.1) is 0 Å². The molecule has 38 heavy (non-hydrogen) atoms. The Labute approximate surface area is 217 Å². The molecule has 1 aromatic heterocycles. The molecule has 0 spiro atoms. The highest BCUT2D eigenvalue weighted by atomic mass is 16.6. The van der Waals surface area contributed by atoms with Crippen molar-refractivity contribution in [2.45, 2.75) is 0 Å². The first-order valence-corrected chi connectivity index (χ1v) is 10.9. The van der Waals surface area contributed by atoms with Crippen LogP contribution in [0.15, 0.2) is 98.9 Å². The van der Waals surface area contributed by atoms with E-state index in [1.807, 2.05) is 24.3 Å². The van der Waals surface area contributed by atoms with Crippen molar-refractivity contribution in [1.29, 1.82) is 0 Å². The van der Waals surface area contributed by atoms with Gasteiger partial charge in [0.1, 0.15) is 5.75 Å². The van der Waals surface area contributed by atoms with E-state index in [0.717, 1.165) is 41.5 Å². The maximum Gasteiger partial charge on any atom is 0.343 e. The zero-order valence-corrected chi connectivity index (χ0v) is 20.0. The molecule has 0 bridgehead atoms. The Bertz CT molecular complexity index is 1380. The molecule has 3 rings (SSSR count). The SMILES string of the molecule is C=CC(=O)Oc1cc(C(=O)Oc2ccc(/C=C/c3ccncc3)cc2)cc(OC(=O)C=C)c1OC(=O)C=C. The maximum atomic E-state index is 12.9. The Morgan fingerprint density at radius 1 is 0.632 bits per heavy atom. The predicted octanol–water partition coefficient (Wildman–Crippen LogP) is 4.75. The van der Waals surface area contributed by atoms with E-state index in [9.17, 15) is 19.2 Å². The average Bonchev–Trinajstić information content (AvgIpc) is 2.94. The van der Waals surface area contributed by atoms with Crippen molar-refractivity contribution in [3.05, 3.63) is 116 Å². The molecule has 0 N–H and O–H groups in total. The lowest BCUT2D eigenvalue weighted by molar-refractivity contribution is -0.132. The van der Waals surface area contributed by atoms with Crippen LogP contribution in [0, 0.1) is 0 Å². The van der Waals surface area contributed by atoms with Crippen LogP contribution in [0.25, 0.3) is 12.2 Å². The van der Waals surface area contributed by atoms with E-state index in [-0.39, 0.29) is 11.3 Å². The first kappa shape index (κ1) is 27.0. The third kappa shape index (κ3) is 7.46. The highest BCUT2D eigenvalue weighted by Crippen LogP contribution is 2.40. The number of benzene rings is 2. The molecule has 190 valence electrons. The average molecular weight is 511 g/mol. The molecule has 0 saturated heterocycles. The number of carbonyl (C=O) groups excluding carboxylic acids is 4. The number of pyridine rings is 1. The summed E-state index contributed by atoms with van der Waals surface area (Å²) in [5.41, 5.74) is 1.65. The Kier molecular flexibility index (Phi) is 9.20. The van der Waals surface area contributed by atoms with Crippen molar-refractivity contribution < 1.29 is 38.1 Å². The molecule has 0 aliphatic carbocycles. The molecule has 3 aromatic rings. The maximum absolute atomic E-state index is 12.9. The van der Waals surface area contributed by atoms with E-state index in [2.05, 4.69) is 24.7 Å². The Balaban J connectivity index is 1.90. The van der Waals surface area contributed by atoms with Gasteiger partial charge in [0.2, 0.25) is 5.75 Å². The van der Waals surface area contributed by atoms with Crippen molar-refractivity contribution in [2.24, 2.45) is 0 Å². The molecule has 9 nitrogen and oxygen atoms in total. The van der Waals surface area contributed by atoms with Gasteiger partial charge in [-0.2, -0.15) is 0 Å². The van der Waals surface area contributed by atoms with Crippen LogP contribution >= 0.6 is 0 Å². The van der Waals surface area contributed by atoms with E-state index >= 15 is 0 Å². The molecular weight excluding hydrogens is 490 g/mol. The van der Waals surface area contributed by atoms with Crippen molar-refractivity contribution in [3.63, 3.8) is 0 Å². The normalized spacial score (nSPS) is 10.2. The fourth-order valence-corrected chi connectivity index (χ4v) is 2.87. The fourth-order valence-electron chi connectivity index (χ4n) is 2.87. The summed E-state index contributed by atoms with van der Waals surface area (Å²) in [6.07, 6.45) is 9.70. The van der Waals surface area contributed by atoms with Gasteiger partial charge in [-0.25, -0.2) is 19.2 Å². The zero-order valence-electron chi connectivity index (χ0n) is 20.0. The van der Waals surface area contributed by atoms with E-state index in [0.29, 0.717) is 0 Å². The highest BCUT2D eigenvalue weighted by Gasteiger charge is 2.24. The summed E-state index contributed by atoms with van der Waals surface area (Å²) in [6.45, 7) is 9.90. The first-order chi connectivity index (χ1) is 18.3. The monoisotopic (exact) mass is 511 g/mol. The molecule has 9 heteroatoms. The van der Waals surface area contributed by atoms with E-state index in [4.69, 9.17) is 18.9 Å². The van der Waals surface area contributed by atoms with Crippen LogP contribution in [0.4, 0.5) is 0 Å². The van der Waals surface area contributed by atoms with Crippen LogP contribution < -0.4 is 18.9 Å². The molecule has 0 atom stereocenters. The zero-order chi connectivity index (χ0) is 27.5. The van der Waals surface area contributed by atoms with Gasteiger partial charge in [0.05, 0.1) is 5.56 Å². The standard InChI is InChI=1S/C29H21NO8/c1-4-25(31)36-23-17-21(18-24(37-26(32)5-2)28(23)38-27(33)6-3)29(34)35-22-11-9-19(10-12-22)7-8-20-13-15-30-16-14-20/h4-18H,1-3H2/b8-7+. The van der Waals surface area contributed by atoms with Crippen molar-refractivity contribution >= 4 is 36.0 Å². The van der Waals surface area contributed by atoms with Gasteiger partial charge in [-0.1, -0.05) is 44.0 Å². The Hall–Kier alpha value is -5.57. The number of hydrogen-bond donors (Lipinski definition) is 0. The minimum absolute atomic E-state index is 0.177. The number of carbonyl (C=O) groups is 4. The van der Waals surface area contributed by atoms with Crippen molar-refractivity contribution in [2.75, 3.05) is 0 Å². The van der Waals surface area contributed by atoms with Crippen LogP contribution in [-0.4, -0.2) is 28.9 Å². The Morgan fingerprint density at radius 3 is 1.61 bits per heavy atom. The molecule has 0 radical (unpaired) electrons. The minimum atomic E-state index is -0.940. The summed E-state index contributed by atoms with van der Waals surface area (Å²) in [7, 11) is 0. The second kappa shape index (κ2) is 12.9. The summed E-state index contributed by atoms with van der Waals surface area (Å²) >= 11 is 0. The van der Waals surface area contributed by atoms with Gasteiger partial charge in [0.25, 0.3) is 0 Å². The number of ether oxygens (including phenoxy) is 4. The van der Waals surface area contributed by atoms with Crippen LogP contribution in [0.3, 0.4) is 0 Å².